The Kier molecular flexibility index (Phi) is 4.00. The molecule has 0 aliphatic rings. The lowest BCUT2D eigenvalue weighted by molar-refractivity contribution is 0.629. The van der Waals surface area contributed by atoms with Gasteiger partial charge in [0.1, 0.15) is 22.2 Å². The smallest absolute Gasteiger partial charge is 0.292 e. The van der Waals surface area contributed by atoms with E-state index < -0.39 is 0 Å². The van der Waals surface area contributed by atoms with Crippen molar-refractivity contribution in [3.05, 3.63) is 58.6 Å². The summed E-state index contributed by atoms with van der Waals surface area (Å²) in [5.74, 6) is 0. The maximum atomic E-state index is 12.8. The van der Waals surface area contributed by atoms with Crippen LogP contribution in [0.25, 0.3) is 31.7 Å². The highest BCUT2D eigenvalue weighted by molar-refractivity contribution is 7.25. The second-order valence-electron chi connectivity index (χ2n) is 6.24. The summed E-state index contributed by atoms with van der Waals surface area (Å²) in [6, 6.07) is 12.1. The lowest BCUT2D eigenvalue weighted by atomic mass is 10.1. The molecule has 0 bridgehead atoms. The van der Waals surface area contributed by atoms with Gasteiger partial charge >= 0.3 is 0 Å². The molecule has 7 heteroatoms. The number of hydrogen-bond acceptors (Lipinski definition) is 5. The Balaban J connectivity index is 1.95. The monoisotopic (exact) mass is 363 g/mol. The first-order valence-corrected chi connectivity index (χ1v) is 8.94. The summed E-state index contributed by atoms with van der Waals surface area (Å²) >= 11 is 1.37. The van der Waals surface area contributed by atoms with Gasteiger partial charge in [-0.05, 0) is 18.6 Å². The molecule has 0 amide bonds. The van der Waals surface area contributed by atoms with Gasteiger partial charge in [0.2, 0.25) is 0 Å². The van der Waals surface area contributed by atoms with Crippen molar-refractivity contribution in [1.29, 1.82) is 0 Å². The third-order valence-electron chi connectivity index (χ3n) is 4.01. The van der Waals surface area contributed by atoms with E-state index >= 15 is 0 Å². The van der Waals surface area contributed by atoms with E-state index in [9.17, 15) is 4.79 Å². The third-order valence-corrected chi connectivity index (χ3v) is 5.07. The maximum absolute atomic E-state index is 12.8. The Morgan fingerprint density at radius 2 is 2.00 bits per heavy atom. The average Bonchev–Trinajstić information content (AvgIpc) is 3.02. The van der Waals surface area contributed by atoms with Crippen LogP contribution < -0.4 is 5.56 Å². The van der Waals surface area contributed by atoms with Crippen molar-refractivity contribution in [2.45, 2.75) is 6.92 Å². The normalized spacial score (nSPS) is 11.7. The molecule has 1 aromatic carbocycles. The number of benzene rings is 1. The van der Waals surface area contributed by atoms with Crippen LogP contribution in [0.5, 0.6) is 0 Å². The van der Waals surface area contributed by atoms with Crippen LogP contribution in [0.15, 0.2) is 52.6 Å². The van der Waals surface area contributed by atoms with Crippen LogP contribution in [0, 0.1) is 6.92 Å². The van der Waals surface area contributed by atoms with Gasteiger partial charge in [-0.1, -0.05) is 30.3 Å². The summed E-state index contributed by atoms with van der Waals surface area (Å²) in [7, 11) is 3.69. The molecule has 0 spiro atoms. The van der Waals surface area contributed by atoms with Gasteiger partial charge in [-0.25, -0.2) is 9.97 Å². The first-order valence-electron chi connectivity index (χ1n) is 8.12. The van der Waals surface area contributed by atoms with Crippen molar-refractivity contribution < 1.29 is 0 Å². The van der Waals surface area contributed by atoms with Crippen LogP contribution >= 0.6 is 11.3 Å². The first kappa shape index (κ1) is 16.4. The van der Waals surface area contributed by atoms with Gasteiger partial charge in [0.05, 0.1) is 11.2 Å². The zero-order valence-corrected chi connectivity index (χ0v) is 15.5. The largest absolute Gasteiger partial charge is 0.367 e. The van der Waals surface area contributed by atoms with Crippen LogP contribution in [-0.4, -0.2) is 40.0 Å². The van der Waals surface area contributed by atoms with Crippen molar-refractivity contribution in [2.24, 2.45) is 5.10 Å². The van der Waals surface area contributed by atoms with Gasteiger partial charge in [0.25, 0.3) is 5.56 Å². The molecule has 4 aromatic rings. The number of aryl methyl sites for hydroxylation is 1. The molecule has 4 rings (SSSR count). The Bertz CT molecular complexity index is 1190. The van der Waals surface area contributed by atoms with E-state index in [1.807, 2.05) is 57.4 Å². The van der Waals surface area contributed by atoms with E-state index in [0.29, 0.717) is 10.2 Å². The number of hydrogen-bond donors (Lipinski definition) is 0. The molecule has 26 heavy (non-hydrogen) atoms. The molecular formula is C19H17N5OS. The number of aromatic nitrogens is 3. The molecule has 0 aliphatic heterocycles. The standard InChI is InChI=1S/C19H17N5OS/c1-12-9-14(13-7-5-4-6-8-13)22-18-15(12)16-17(26-18)19(25)24(10-20-16)21-11-23(2)3/h4-11H,1-3H3/b21-11+. The van der Waals surface area contributed by atoms with Gasteiger partial charge in [-0.15, -0.1) is 11.3 Å². The van der Waals surface area contributed by atoms with E-state index in [0.717, 1.165) is 27.0 Å². The molecule has 0 saturated carbocycles. The van der Waals surface area contributed by atoms with Gasteiger partial charge in [-0.2, -0.15) is 9.78 Å². The summed E-state index contributed by atoms with van der Waals surface area (Å²) in [6.07, 6.45) is 3.03. The molecule has 3 heterocycles. The molecule has 6 nitrogen and oxygen atoms in total. The molecule has 0 N–H and O–H groups in total. The molecular weight excluding hydrogens is 346 g/mol. The number of pyridine rings is 1. The predicted molar refractivity (Wildman–Crippen MR) is 107 cm³/mol. The number of fused-ring (bicyclic) bond motifs is 3. The minimum Gasteiger partial charge on any atom is -0.367 e. The molecule has 3 aromatic heterocycles. The van der Waals surface area contributed by atoms with E-state index in [4.69, 9.17) is 4.98 Å². The minimum atomic E-state index is -0.184. The number of thiophene rings is 1. The minimum absolute atomic E-state index is 0.184. The van der Waals surface area contributed by atoms with Gasteiger partial charge in [0, 0.05) is 25.0 Å². The van der Waals surface area contributed by atoms with Crippen LogP contribution in [0.1, 0.15) is 5.56 Å². The molecule has 0 aliphatic carbocycles. The highest BCUT2D eigenvalue weighted by Gasteiger charge is 2.15. The second-order valence-corrected chi connectivity index (χ2v) is 7.24. The molecule has 0 radical (unpaired) electrons. The van der Waals surface area contributed by atoms with Crippen molar-refractivity contribution in [3.63, 3.8) is 0 Å². The highest BCUT2D eigenvalue weighted by Crippen LogP contribution is 2.33. The van der Waals surface area contributed by atoms with Gasteiger partial charge in [0.15, 0.2) is 0 Å². The van der Waals surface area contributed by atoms with Crippen LogP contribution in [-0.2, 0) is 0 Å². The number of rotatable bonds is 3. The fourth-order valence-corrected chi connectivity index (χ4v) is 3.93. The molecule has 0 fully saturated rings. The predicted octanol–water partition coefficient (Wildman–Crippen LogP) is 3.33. The quantitative estimate of drug-likeness (QED) is 0.414. The summed E-state index contributed by atoms with van der Waals surface area (Å²) in [4.78, 5) is 24.6. The van der Waals surface area contributed by atoms with Crippen molar-refractivity contribution in [1.82, 2.24) is 19.5 Å². The van der Waals surface area contributed by atoms with Crippen molar-refractivity contribution >= 4 is 38.1 Å². The second kappa shape index (κ2) is 6.34. The Hall–Kier alpha value is -3.06. The zero-order chi connectivity index (χ0) is 18.3. The van der Waals surface area contributed by atoms with Crippen molar-refractivity contribution in [2.75, 3.05) is 14.1 Å². The Labute approximate surface area is 154 Å². The van der Waals surface area contributed by atoms with Gasteiger partial charge < -0.3 is 4.90 Å². The Morgan fingerprint density at radius 3 is 2.73 bits per heavy atom. The fraction of sp³-hybridized carbons (Fsp3) is 0.158. The maximum Gasteiger partial charge on any atom is 0.292 e. The number of nitrogens with zero attached hydrogens (tertiary/aromatic N) is 5. The summed E-state index contributed by atoms with van der Waals surface area (Å²) < 4.78 is 1.82. The van der Waals surface area contributed by atoms with E-state index in [-0.39, 0.29) is 5.56 Å². The zero-order valence-electron chi connectivity index (χ0n) is 14.7. The average molecular weight is 363 g/mol. The molecule has 0 unspecified atom stereocenters. The topological polar surface area (TPSA) is 63.4 Å². The summed E-state index contributed by atoms with van der Waals surface area (Å²) in [5.41, 5.74) is 3.51. The third kappa shape index (κ3) is 2.76. The van der Waals surface area contributed by atoms with E-state index in [1.54, 1.807) is 11.2 Å². The lowest BCUT2D eigenvalue weighted by Gasteiger charge is -2.04. The molecule has 0 atom stereocenters. The lowest BCUT2D eigenvalue weighted by Crippen LogP contribution is -2.18. The molecule has 0 saturated heterocycles. The molecule has 130 valence electrons. The van der Waals surface area contributed by atoms with Crippen molar-refractivity contribution in [3.8, 4) is 11.3 Å². The highest BCUT2D eigenvalue weighted by atomic mass is 32.1. The Morgan fingerprint density at radius 1 is 1.23 bits per heavy atom. The first-order chi connectivity index (χ1) is 12.5. The fourth-order valence-electron chi connectivity index (χ4n) is 2.80. The van der Waals surface area contributed by atoms with Crippen LogP contribution in [0.4, 0.5) is 0 Å². The van der Waals surface area contributed by atoms with E-state index in [1.165, 1.54) is 22.3 Å². The van der Waals surface area contributed by atoms with Crippen LogP contribution in [0.2, 0.25) is 0 Å². The summed E-state index contributed by atoms with van der Waals surface area (Å²) in [6.45, 7) is 2.03. The van der Waals surface area contributed by atoms with Gasteiger partial charge in [-0.3, -0.25) is 4.79 Å². The van der Waals surface area contributed by atoms with E-state index in [2.05, 4.69) is 10.1 Å². The summed E-state index contributed by atoms with van der Waals surface area (Å²) in [5, 5.41) is 5.08. The van der Waals surface area contributed by atoms with Crippen LogP contribution in [0.3, 0.4) is 0 Å². The SMILES string of the molecule is Cc1cc(-c2ccccc2)nc2sc3c(=O)n(/N=C/N(C)C)cnc3c12.